The van der Waals surface area contributed by atoms with Gasteiger partial charge in [-0.2, -0.15) is 10.1 Å². The molecule has 3 aromatic heterocycles. The van der Waals surface area contributed by atoms with Crippen molar-refractivity contribution in [1.82, 2.24) is 29.7 Å². The number of hydrogen-bond acceptors (Lipinski definition) is 8. The Hall–Kier alpha value is -3.37. The van der Waals surface area contributed by atoms with Gasteiger partial charge in [-0.25, -0.2) is 23.7 Å². The smallest absolute Gasteiger partial charge is 0.278 e. The Morgan fingerprint density at radius 3 is 2.68 bits per heavy atom. The van der Waals surface area contributed by atoms with Crippen LogP contribution >= 0.6 is 0 Å². The van der Waals surface area contributed by atoms with E-state index in [4.69, 9.17) is 9.47 Å². The van der Waals surface area contributed by atoms with Crippen LogP contribution in [-0.2, 0) is 13.6 Å². The molecule has 4 rings (SSSR count). The number of halogens is 2. The average Bonchev–Trinajstić information content (AvgIpc) is 3.18. The summed E-state index contributed by atoms with van der Waals surface area (Å²) in [6.45, 7) is 2.26. The first-order valence-corrected chi connectivity index (χ1v) is 11.4. The highest BCUT2D eigenvalue weighted by Gasteiger charge is 2.22. The fraction of sp³-hybridized carbons (Fsp3) is 0.522. The summed E-state index contributed by atoms with van der Waals surface area (Å²) in [5.74, 6) is -1.38. The first kappa shape index (κ1) is 23.8. The van der Waals surface area contributed by atoms with Crippen molar-refractivity contribution in [3.63, 3.8) is 0 Å². The second-order valence-electron chi connectivity index (χ2n) is 8.58. The number of ether oxygens (including phenoxy) is 2. The molecule has 34 heavy (non-hydrogen) atoms. The predicted molar refractivity (Wildman–Crippen MR) is 122 cm³/mol. The van der Waals surface area contributed by atoms with Crippen molar-refractivity contribution in [3.05, 3.63) is 36.0 Å². The van der Waals surface area contributed by atoms with E-state index in [2.05, 4.69) is 30.4 Å². The van der Waals surface area contributed by atoms with Crippen LogP contribution in [0.4, 0.5) is 14.7 Å². The number of aromatic nitrogens is 6. The lowest BCUT2D eigenvalue weighted by molar-refractivity contribution is -0.0242. The highest BCUT2D eigenvalue weighted by atomic mass is 19.3. The number of nitrogens with zero attached hydrogens (tertiary/aromatic N) is 6. The normalized spacial score (nSPS) is 14.7. The fourth-order valence-corrected chi connectivity index (χ4v) is 3.79. The van der Waals surface area contributed by atoms with Crippen LogP contribution in [0.3, 0.4) is 0 Å². The van der Waals surface area contributed by atoms with Crippen molar-refractivity contribution >= 4 is 5.95 Å². The number of rotatable bonds is 9. The summed E-state index contributed by atoms with van der Waals surface area (Å²) in [5.41, 5.74) is 2.36. The van der Waals surface area contributed by atoms with Crippen LogP contribution < -0.4 is 14.8 Å². The summed E-state index contributed by atoms with van der Waals surface area (Å²) in [4.78, 5) is 17.4. The zero-order valence-corrected chi connectivity index (χ0v) is 19.6. The molecule has 3 aromatic rings. The van der Waals surface area contributed by atoms with Crippen LogP contribution in [0.5, 0.6) is 11.6 Å². The molecular formula is C23H29F2N7O2. The van der Waals surface area contributed by atoms with E-state index in [1.165, 1.54) is 31.5 Å². The van der Waals surface area contributed by atoms with Crippen LogP contribution in [0.1, 0.15) is 50.4 Å². The molecule has 1 N–H and O–H groups in total. The SMILES string of the molecule is Cc1nc(-c2cnn(C)c2CNc2nccc(OCC(C)(F)F)n2)ncc1OC1CCCCC1. The first-order valence-electron chi connectivity index (χ1n) is 11.4. The third-order valence-electron chi connectivity index (χ3n) is 5.60. The van der Waals surface area contributed by atoms with E-state index in [9.17, 15) is 8.78 Å². The maximum atomic E-state index is 13.0. The number of nitrogens with one attached hydrogen (secondary N) is 1. The van der Waals surface area contributed by atoms with Gasteiger partial charge >= 0.3 is 0 Å². The van der Waals surface area contributed by atoms with Gasteiger partial charge in [0, 0.05) is 26.2 Å². The Balaban J connectivity index is 1.45. The topological polar surface area (TPSA) is 99.9 Å². The Morgan fingerprint density at radius 2 is 1.94 bits per heavy atom. The minimum absolute atomic E-state index is 0.0665. The average molecular weight is 474 g/mol. The van der Waals surface area contributed by atoms with Crippen LogP contribution in [0.15, 0.2) is 24.7 Å². The zero-order valence-electron chi connectivity index (χ0n) is 19.6. The van der Waals surface area contributed by atoms with Crippen molar-refractivity contribution in [2.24, 2.45) is 7.05 Å². The molecule has 0 atom stereocenters. The number of anilines is 1. The van der Waals surface area contributed by atoms with Crippen molar-refractivity contribution in [3.8, 4) is 23.0 Å². The molecule has 0 radical (unpaired) electrons. The first-order chi connectivity index (χ1) is 16.3. The van der Waals surface area contributed by atoms with Crippen LogP contribution in [0, 0.1) is 6.92 Å². The van der Waals surface area contributed by atoms with E-state index in [0.717, 1.165) is 36.7 Å². The summed E-state index contributed by atoms with van der Waals surface area (Å²) < 4.78 is 39.0. The van der Waals surface area contributed by atoms with Crippen LogP contribution in [-0.4, -0.2) is 48.3 Å². The Labute approximate surface area is 197 Å². The third kappa shape index (κ3) is 6.15. The second-order valence-corrected chi connectivity index (χ2v) is 8.58. The molecule has 1 aliphatic rings. The second kappa shape index (κ2) is 10.3. The zero-order chi connectivity index (χ0) is 24.1. The van der Waals surface area contributed by atoms with Crippen molar-refractivity contribution < 1.29 is 18.3 Å². The fourth-order valence-electron chi connectivity index (χ4n) is 3.79. The molecule has 0 amide bonds. The molecule has 0 unspecified atom stereocenters. The van der Waals surface area contributed by atoms with E-state index < -0.39 is 12.5 Å². The molecule has 0 aromatic carbocycles. The lowest BCUT2D eigenvalue weighted by atomic mass is 9.98. The van der Waals surface area contributed by atoms with Gasteiger partial charge < -0.3 is 14.8 Å². The van der Waals surface area contributed by atoms with Gasteiger partial charge in [-0.15, -0.1) is 0 Å². The molecule has 1 aliphatic carbocycles. The summed E-state index contributed by atoms with van der Waals surface area (Å²) >= 11 is 0. The molecule has 1 saturated carbocycles. The molecule has 3 heterocycles. The standard InChI is InChI=1S/C23H29F2N7O2/c1-15-19(34-16-7-5-4-6-8-16)13-27-21(30-15)17-11-29-32(3)18(17)12-28-22-26-10-9-20(31-22)33-14-23(2,24)25/h9-11,13,16H,4-8,12,14H2,1-3H3,(H,26,28,31). The minimum atomic E-state index is -2.95. The van der Waals surface area contributed by atoms with Gasteiger partial charge in [-0.3, -0.25) is 4.68 Å². The van der Waals surface area contributed by atoms with E-state index in [1.807, 2.05) is 14.0 Å². The Morgan fingerprint density at radius 1 is 1.15 bits per heavy atom. The molecule has 0 saturated heterocycles. The van der Waals surface area contributed by atoms with Gasteiger partial charge in [0.05, 0.1) is 42.0 Å². The maximum Gasteiger partial charge on any atom is 0.278 e. The van der Waals surface area contributed by atoms with Crippen molar-refractivity contribution in [1.29, 1.82) is 0 Å². The van der Waals surface area contributed by atoms with Crippen LogP contribution in [0.2, 0.25) is 0 Å². The Bertz CT molecular complexity index is 1110. The number of hydrogen-bond donors (Lipinski definition) is 1. The van der Waals surface area contributed by atoms with Gasteiger partial charge in [0.15, 0.2) is 18.2 Å². The van der Waals surface area contributed by atoms with Gasteiger partial charge in [0.2, 0.25) is 11.8 Å². The van der Waals surface area contributed by atoms with Gasteiger partial charge in [0.25, 0.3) is 5.92 Å². The van der Waals surface area contributed by atoms with Crippen molar-refractivity contribution in [2.45, 2.75) is 64.5 Å². The quantitative estimate of drug-likeness (QED) is 0.490. The molecule has 11 heteroatoms. The van der Waals surface area contributed by atoms with Crippen LogP contribution in [0.25, 0.3) is 11.4 Å². The summed E-state index contributed by atoms with van der Waals surface area (Å²) in [5, 5.41) is 7.43. The monoisotopic (exact) mass is 473 g/mol. The number of aryl methyl sites for hydroxylation is 2. The van der Waals surface area contributed by atoms with E-state index >= 15 is 0 Å². The van der Waals surface area contributed by atoms with E-state index in [0.29, 0.717) is 18.1 Å². The summed E-state index contributed by atoms with van der Waals surface area (Å²) in [6, 6.07) is 1.43. The Kier molecular flexibility index (Phi) is 7.18. The van der Waals surface area contributed by atoms with Crippen molar-refractivity contribution in [2.75, 3.05) is 11.9 Å². The molecule has 0 spiro atoms. The molecule has 0 aliphatic heterocycles. The molecular weight excluding hydrogens is 444 g/mol. The predicted octanol–water partition coefficient (Wildman–Crippen LogP) is 4.33. The highest BCUT2D eigenvalue weighted by Crippen LogP contribution is 2.27. The lowest BCUT2D eigenvalue weighted by Gasteiger charge is -2.23. The number of alkyl halides is 2. The third-order valence-corrected chi connectivity index (χ3v) is 5.60. The van der Waals surface area contributed by atoms with E-state index in [1.54, 1.807) is 17.1 Å². The van der Waals surface area contributed by atoms with Gasteiger partial charge in [-0.05, 0) is 32.6 Å². The molecule has 0 bridgehead atoms. The lowest BCUT2D eigenvalue weighted by Crippen LogP contribution is -2.21. The molecule has 1 fully saturated rings. The molecule has 9 nitrogen and oxygen atoms in total. The molecule has 182 valence electrons. The van der Waals surface area contributed by atoms with E-state index in [-0.39, 0.29) is 17.9 Å². The summed E-state index contributed by atoms with van der Waals surface area (Å²) in [6.07, 6.45) is 10.9. The van der Waals surface area contributed by atoms with Gasteiger partial charge in [0.1, 0.15) is 0 Å². The summed E-state index contributed by atoms with van der Waals surface area (Å²) in [7, 11) is 1.82. The largest absolute Gasteiger partial charge is 0.487 e. The van der Waals surface area contributed by atoms with Gasteiger partial charge in [-0.1, -0.05) is 6.42 Å². The maximum absolute atomic E-state index is 13.0. The minimum Gasteiger partial charge on any atom is -0.487 e. The highest BCUT2D eigenvalue weighted by molar-refractivity contribution is 5.58.